The Morgan fingerprint density at radius 2 is 1.14 bits per heavy atom. The molecule has 0 bridgehead atoms. The van der Waals surface area contributed by atoms with Crippen molar-refractivity contribution >= 4 is 47.8 Å². The van der Waals surface area contributed by atoms with Gasteiger partial charge in [0.05, 0.1) is 35.7 Å². The van der Waals surface area contributed by atoms with E-state index in [2.05, 4.69) is 92.3 Å². The third-order valence-electron chi connectivity index (χ3n) is 15.3. The number of unbranched alkanes of at least 4 members (excludes halogenated alkanes) is 2. The van der Waals surface area contributed by atoms with Crippen LogP contribution in [0.4, 0.5) is 26.3 Å². The van der Waals surface area contributed by atoms with E-state index in [-0.39, 0.29) is 88.3 Å². The summed E-state index contributed by atoms with van der Waals surface area (Å²) in [6.07, 6.45) is 13.3. The summed E-state index contributed by atoms with van der Waals surface area (Å²) in [6, 6.07) is 9.55. The molecule has 2 aromatic carbocycles. The summed E-state index contributed by atoms with van der Waals surface area (Å²) >= 11 is 0. The lowest BCUT2D eigenvalue weighted by atomic mass is 9.87. The number of ether oxygens (including phenoxy) is 4. The molecule has 0 saturated heterocycles. The van der Waals surface area contributed by atoms with E-state index in [4.69, 9.17) is 32.8 Å². The molecule has 87 heavy (non-hydrogen) atoms. The SMILES string of the molecule is CC(C)(C)[Si](C)(C)O[C@H](/C=C/O[B]O)COc1cccc(C(F)(F)F)c1.CC(C)OC(=O)CCC/C=C\CC1=C[C@H](C)CC1=O.CC(C)OC(=O)CCC/C=C\C[C@H]1C(=O)C[C@@H](C)[C@@H]1/C=C/[C@H](COc1cccc(C(F)(F)F)c1)O[Si](C)(C)C(C)(C)C. The first-order valence-corrected chi connectivity index (χ1v) is 36.0. The molecule has 1 fully saturated rings. The lowest BCUT2D eigenvalue weighted by Crippen LogP contribution is -2.45. The van der Waals surface area contributed by atoms with Crippen LogP contribution in [0.25, 0.3) is 0 Å². The van der Waals surface area contributed by atoms with Gasteiger partial charge in [-0.3, -0.25) is 19.2 Å². The van der Waals surface area contributed by atoms with E-state index in [1.165, 1.54) is 30.5 Å². The van der Waals surface area contributed by atoms with E-state index in [1.54, 1.807) is 6.08 Å². The van der Waals surface area contributed by atoms with E-state index in [1.807, 2.05) is 64.2 Å². The Morgan fingerprint density at radius 1 is 0.678 bits per heavy atom. The van der Waals surface area contributed by atoms with Gasteiger partial charge in [-0.1, -0.05) is 110 Å². The summed E-state index contributed by atoms with van der Waals surface area (Å²) < 4.78 is 117. The van der Waals surface area contributed by atoms with Crippen LogP contribution in [0.2, 0.25) is 36.3 Å². The van der Waals surface area contributed by atoms with Gasteiger partial charge in [0, 0.05) is 31.6 Å². The Morgan fingerprint density at radius 3 is 1.55 bits per heavy atom. The number of benzene rings is 2. The summed E-state index contributed by atoms with van der Waals surface area (Å²) in [5, 5.41) is 8.45. The number of alkyl halides is 6. The minimum Gasteiger partial charge on any atom is -0.543 e. The molecule has 12 nitrogen and oxygen atoms in total. The van der Waals surface area contributed by atoms with Gasteiger partial charge < -0.3 is 37.5 Å². The molecule has 1 N–H and O–H groups in total. The fourth-order valence-electron chi connectivity index (χ4n) is 8.66. The van der Waals surface area contributed by atoms with Gasteiger partial charge in [0.1, 0.15) is 36.6 Å². The summed E-state index contributed by atoms with van der Waals surface area (Å²) in [6.45, 7) is 32.5. The molecule has 487 valence electrons. The van der Waals surface area contributed by atoms with Crippen LogP contribution in [0.5, 0.6) is 11.5 Å². The number of hydrogen-bond acceptors (Lipinski definition) is 12. The van der Waals surface area contributed by atoms with Crippen molar-refractivity contribution < 1.29 is 83.0 Å². The van der Waals surface area contributed by atoms with Gasteiger partial charge in [-0.2, -0.15) is 26.3 Å². The maximum absolute atomic E-state index is 13.2. The van der Waals surface area contributed by atoms with Gasteiger partial charge in [0.2, 0.25) is 0 Å². The molecule has 2 aromatic rings. The molecule has 21 heteroatoms. The first-order chi connectivity index (χ1) is 40.3. The number of halogens is 6. The van der Waals surface area contributed by atoms with E-state index in [9.17, 15) is 45.5 Å². The van der Waals surface area contributed by atoms with Gasteiger partial charge >= 0.3 is 32.0 Å². The fraction of sp³-hybridized carbons (Fsp3) is 0.606. The van der Waals surface area contributed by atoms with Crippen LogP contribution in [0.3, 0.4) is 0 Å². The van der Waals surface area contributed by atoms with Crippen molar-refractivity contribution in [3.63, 3.8) is 0 Å². The zero-order chi connectivity index (χ0) is 66.0. The Bertz CT molecular complexity index is 2600. The zero-order valence-electron chi connectivity index (χ0n) is 54.2. The molecule has 6 atom stereocenters. The molecule has 1 saturated carbocycles. The fourth-order valence-corrected chi connectivity index (χ4v) is 11.2. The number of carbonyl (C=O) groups is 4. The third-order valence-corrected chi connectivity index (χ3v) is 24.4. The number of carbonyl (C=O) groups excluding carboxylic acids is 4. The molecule has 1 radical (unpaired) electrons. The van der Waals surface area contributed by atoms with E-state index < -0.39 is 52.3 Å². The Hall–Kier alpha value is -5.22. The first-order valence-electron chi connectivity index (χ1n) is 30.1. The molecule has 0 unspecified atom stereocenters. The minimum absolute atomic E-state index is 0.0130. The second-order valence-corrected chi connectivity index (χ2v) is 35.3. The van der Waals surface area contributed by atoms with E-state index >= 15 is 0 Å². The highest BCUT2D eigenvalue weighted by Crippen LogP contribution is 2.41. The number of esters is 2. The third kappa shape index (κ3) is 30.2. The monoisotopic (exact) mass is 1260 g/mol. The van der Waals surface area contributed by atoms with Crippen LogP contribution in [0.15, 0.2) is 109 Å². The van der Waals surface area contributed by atoms with Crippen LogP contribution in [-0.4, -0.2) is 90.5 Å². The van der Waals surface area contributed by atoms with Crippen molar-refractivity contribution in [2.45, 2.75) is 220 Å². The Labute approximate surface area is 517 Å². The number of allylic oxidation sites excluding steroid dienone is 7. The molecule has 0 spiro atoms. The number of Topliss-reactive ketones (excluding diaryl/α,β-unsaturated/α-hetero) is 2. The molecule has 0 aliphatic heterocycles. The van der Waals surface area contributed by atoms with Gasteiger partial charge in [-0.25, -0.2) is 0 Å². The average Bonchev–Trinajstić information content (AvgIpc) is 3.09. The number of ketones is 2. The van der Waals surface area contributed by atoms with Crippen molar-refractivity contribution in [2.75, 3.05) is 13.2 Å². The van der Waals surface area contributed by atoms with Gasteiger partial charge in [0.25, 0.3) is 0 Å². The average molecular weight is 1260 g/mol. The predicted octanol–water partition coefficient (Wildman–Crippen LogP) is 17.1. The summed E-state index contributed by atoms with van der Waals surface area (Å²) in [7, 11) is -3.87. The normalized spacial score (nSPS) is 18.7. The topological polar surface area (TPSA) is 153 Å². The standard InChI is InChI=1S/C33H49F3O5Si.C17H25BF3O4Si.C16H24O3/c1-23(2)40-31(38)17-12-10-9-11-16-29-28(24(3)20-30(29)37)19-18-27(41-42(7,8)32(4,5)6)22-39-26-15-13-14-25(21-26)33(34,35)36;1-16(2,3)26(4,5)25-15(9-10-24-18-22)12-23-14-8-6-7-13(11-14)17(19,20)21;1-12(2)19-16(18)9-7-5-4-6-8-14-10-13(3)11-15(14)17/h9,11,13-15,18-19,21,23-24,27-29H,10,12,16-17,20,22H2,1-8H3;6-11,15,22H,12H2,1-5H3;4,6,10,12-13H,5,7-9,11H2,1-3H3/b11-9-,19-18+;10-9+;6-4-/t24-,27-,28+,29-;15-;13-/m110/s1. The highest BCUT2D eigenvalue weighted by atomic mass is 28.4. The smallest absolute Gasteiger partial charge is 0.543 e. The second-order valence-electron chi connectivity index (χ2n) is 25.8. The maximum Gasteiger partial charge on any atom is 0.568 e. The van der Waals surface area contributed by atoms with Crippen molar-refractivity contribution in [2.24, 2.45) is 23.7 Å². The molecule has 2 aliphatic rings. The van der Waals surface area contributed by atoms with Gasteiger partial charge in [-0.15, -0.1) is 0 Å². The van der Waals surface area contributed by atoms with Crippen LogP contribution in [-0.2, 0) is 54.5 Å². The van der Waals surface area contributed by atoms with Crippen LogP contribution in [0.1, 0.15) is 158 Å². The second kappa shape index (κ2) is 36.4. The first kappa shape index (κ1) is 77.9. The summed E-state index contributed by atoms with van der Waals surface area (Å²) in [4.78, 5) is 47.4. The van der Waals surface area contributed by atoms with Crippen molar-refractivity contribution in [3.8, 4) is 11.5 Å². The minimum atomic E-state index is -4.45. The highest BCUT2D eigenvalue weighted by molar-refractivity contribution is 6.74. The van der Waals surface area contributed by atoms with Crippen LogP contribution >= 0.6 is 0 Å². The summed E-state index contributed by atoms with van der Waals surface area (Å²) in [5.74, 6) is 0.817. The van der Waals surface area contributed by atoms with Crippen molar-refractivity contribution in [1.29, 1.82) is 0 Å². The van der Waals surface area contributed by atoms with Gasteiger partial charge in [0.15, 0.2) is 22.4 Å². The van der Waals surface area contributed by atoms with Crippen molar-refractivity contribution in [1.82, 2.24) is 0 Å². The largest absolute Gasteiger partial charge is 0.568 e. The number of hydrogen-bond donors (Lipinski definition) is 1. The lowest BCUT2D eigenvalue weighted by molar-refractivity contribution is -0.148. The van der Waals surface area contributed by atoms with Crippen LogP contribution in [0, 0.1) is 23.7 Å². The zero-order valence-corrected chi connectivity index (χ0v) is 56.2. The van der Waals surface area contributed by atoms with Crippen molar-refractivity contribution in [3.05, 3.63) is 120 Å². The lowest BCUT2D eigenvalue weighted by Gasteiger charge is -2.38. The Balaban J connectivity index is 0.000000487. The molecule has 0 amide bonds. The maximum atomic E-state index is 13.2. The quantitative estimate of drug-likeness (QED) is 0.0206. The Kier molecular flexibility index (Phi) is 32.6. The molecule has 4 rings (SSSR count). The van der Waals surface area contributed by atoms with E-state index in [0.717, 1.165) is 55.5 Å². The molecular weight excluding hydrogens is 1170 g/mol. The summed E-state index contributed by atoms with van der Waals surface area (Å²) in [5.41, 5.74) is -0.601. The number of rotatable bonds is 29. The molecular formula is C66H98BF6O12Si2. The molecule has 0 heterocycles. The highest BCUT2D eigenvalue weighted by Gasteiger charge is 2.42. The molecule has 0 aromatic heterocycles. The predicted molar refractivity (Wildman–Crippen MR) is 336 cm³/mol. The molecule has 2 aliphatic carbocycles. The van der Waals surface area contributed by atoms with Gasteiger partial charge in [-0.05, 0) is 168 Å². The van der Waals surface area contributed by atoms with Crippen LogP contribution < -0.4 is 9.47 Å². The van der Waals surface area contributed by atoms with E-state index in [0.29, 0.717) is 52.1 Å².